The molecule has 0 bridgehead atoms. The van der Waals surface area contributed by atoms with Crippen LogP contribution in [-0.4, -0.2) is 31.7 Å². The Balaban J connectivity index is 1.76. The van der Waals surface area contributed by atoms with E-state index in [-0.39, 0.29) is 28.9 Å². The zero-order valence-corrected chi connectivity index (χ0v) is 15.7. The highest BCUT2D eigenvalue weighted by molar-refractivity contribution is 5.57. The molecule has 0 aliphatic carbocycles. The summed E-state index contributed by atoms with van der Waals surface area (Å²) in [6.45, 7) is 6.43. The van der Waals surface area contributed by atoms with Crippen LogP contribution >= 0.6 is 0 Å². The number of hydrogen-bond donors (Lipinski definition) is 2. The minimum absolute atomic E-state index is 0.148. The fourth-order valence-corrected chi connectivity index (χ4v) is 2.84. The van der Waals surface area contributed by atoms with Gasteiger partial charge in [0.25, 0.3) is 0 Å². The number of H-pyrrole nitrogens is 1. The van der Waals surface area contributed by atoms with Gasteiger partial charge in [0.1, 0.15) is 23.4 Å². The van der Waals surface area contributed by atoms with Gasteiger partial charge in [0.2, 0.25) is 11.7 Å². The zero-order valence-electron chi connectivity index (χ0n) is 15.7. The highest BCUT2D eigenvalue weighted by Crippen LogP contribution is 2.42. The number of azo groups is 1. The van der Waals surface area contributed by atoms with E-state index in [2.05, 4.69) is 31.6 Å². The molecule has 142 valence electrons. The van der Waals surface area contributed by atoms with Gasteiger partial charge >= 0.3 is 0 Å². The van der Waals surface area contributed by atoms with Gasteiger partial charge in [0, 0.05) is 5.41 Å². The molecule has 28 heavy (non-hydrogen) atoms. The lowest BCUT2D eigenvalue weighted by Crippen LogP contribution is -2.13. The number of nitriles is 1. The Morgan fingerprint density at radius 3 is 2.61 bits per heavy atom. The van der Waals surface area contributed by atoms with E-state index < -0.39 is 0 Å². The number of aromatic hydroxyl groups is 1. The molecule has 0 amide bonds. The van der Waals surface area contributed by atoms with Crippen LogP contribution in [0, 0.1) is 11.3 Å². The van der Waals surface area contributed by atoms with Crippen molar-refractivity contribution in [3.05, 3.63) is 47.3 Å². The van der Waals surface area contributed by atoms with Crippen molar-refractivity contribution in [2.45, 2.75) is 32.3 Å². The molecule has 9 heteroatoms. The third-order valence-electron chi connectivity index (χ3n) is 4.36. The molecule has 0 spiro atoms. The molecule has 3 heterocycles. The number of aromatic nitrogens is 4. The molecule has 1 aromatic carbocycles. The van der Waals surface area contributed by atoms with Crippen molar-refractivity contribution in [2.24, 2.45) is 10.2 Å². The van der Waals surface area contributed by atoms with Gasteiger partial charge in [-0.05, 0) is 12.1 Å². The molecule has 4 rings (SSSR count). The molecule has 1 aliphatic heterocycles. The second kappa shape index (κ2) is 6.58. The van der Waals surface area contributed by atoms with E-state index in [0.29, 0.717) is 29.2 Å². The Morgan fingerprint density at radius 2 is 2.00 bits per heavy atom. The molecule has 0 radical (unpaired) electrons. The van der Waals surface area contributed by atoms with E-state index in [4.69, 9.17) is 4.74 Å². The summed E-state index contributed by atoms with van der Waals surface area (Å²) in [6, 6.07) is 11.3. The lowest BCUT2D eigenvalue weighted by molar-refractivity contribution is 0.410. The summed E-state index contributed by atoms with van der Waals surface area (Å²) in [5, 5.41) is 39.9. The second-order valence-corrected chi connectivity index (χ2v) is 7.49. The molecule has 2 N–H and O–H groups in total. The van der Waals surface area contributed by atoms with Gasteiger partial charge in [-0.2, -0.15) is 20.1 Å². The van der Waals surface area contributed by atoms with Gasteiger partial charge < -0.3 is 9.84 Å². The number of hydrogen-bond acceptors (Lipinski definition) is 7. The van der Waals surface area contributed by atoms with Crippen molar-refractivity contribution in [1.29, 1.82) is 5.26 Å². The molecule has 1 fully saturated rings. The number of benzene rings is 1. The summed E-state index contributed by atoms with van der Waals surface area (Å²) < 4.78 is 6.71. The minimum atomic E-state index is -0.292. The molecule has 3 aromatic rings. The SMILES string of the molecule is CC(C)(C)c1[nH]nc(/N=N/c2c(C3CO3)nn(-c3ccccc3)c2O)c1C#N. The van der Waals surface area contributed by atoms with Gasteiger partial charge in [-0.1, -0.05) is 39.0 Å². The van der Waals surface area contributed by atoms with Crippen LogP contribution in [-0.2, 0) is 10.2 Å². The Bertz CT molecular complexity index is 1080. The quantitative estimate of drug-likeness (QED) is 0.525. The molecule has 1 atom stereocenters. The van der Waals surface area contributed by atoms with Crippen LogP contribution in [0.5, 0.6) is 5.88 Å². The van der Waals surface area contributed by atoms with E-state index in [1.807, 2.05) is 51.1 Å². The lowest BCUT2D eigenvalue weighted by Gasteiger charge is -2.15. The number of aromatic amines is 1. The van der Waals surface area contributed by atoms with Crippen LogP contribution in [0.25, 0.3) is 5.69 Å². The van der Waals surface area contributed by atoms with Crippen LogP contribution in [0.2, 0.25) is 0 Å². The monoisotopic (exact) mass is 377 g/mol. The topological polar surface area (TPSA) is 128 Å². The molecule has 0 saturated carbocycles. The standard InChI is InChI=1S/C19H19N7O2/c1-19(2,3)16-12(9-20)17(24-22-16)23-21-15-14(13-10-28-13)25-26(18(15)27)11-7-5-4-6-8-11/h4-8,13,27H,10H2,1-3H3,(H,22,24)/b23-21+. The zero-order chi connectivity index (χ0) is 19.9. The van der Waals surface area contributed by atoms with Gasteiger partial charge in [-0.25, -0.2) is 0 Å². The molecular weight excluding hydrogens is 358 g/mol. The normalized spacial score (nSPS) is 16.4. The highest BCUT2D eigenvalue weighted by Gasteiger charge is 2.34. The molecule has 1 saturated heterocycles. The van der Waals surface area contributed by atoms with Crippen LogP contribution < -0.4 is 0 Å². The lowest BCUT2D eigenvalue weighted by atomic mass is 9.90. The first-order valence-electron chi connectivity index (χ1n) is 8.79. The maximum atomic E-state index is 10.7. The average molecular weight is 377 g/mol. The summed E-state index contributed by atoms with van der Waals surface area (Å²) in [5.74, 6) is 0.0208. The number of rotatable bonds is 4. The van der Waals surface area contributed by atoms with Gasteiger partial charge in [-0.3, -0.25) is 5.10 Å². The maximum Gasteiger partial charge on any atom is 0.243 e. The fraction of sp³-hybridized carbons (Fsp3) is 0.316. The number of nitrogens with one attached hydrogen (secondary N) is 1. The summed E-state index contributed by atoms with van der Waals surface area (Å²) in [4.78, 5) is 0. The van der Waals surface area contributed by atoms with E-state index in [1.165, 1.54) is 4.68 Å². The fourth-order valence-electron chi connectivity index (χ4n) is 2.84. The van der Waals surface area contributed by atoms with E-state index >= 15 is 0 Å². The van der Waals surface area contributed by atoms with Crippen LogP contribution in [0.1, 0.15) is 43.8 Å². The number of epoxide rings is 1. The molecular formula is C19H19N7O2. The Hall–Kier alpha value is -3.51. The van der Waals surface area contributed by atoms with Crippen LogP contribution in [0.15, 0.2) is 40.6 Å². The summed E-state index contributed by atoms with van der Waals surface area (Å²) >= 11 is 0. The van der Waals surface area contributed by atoms with E-state index in [9.17, 15) is 10.4 Å². The first-order valence-corrected chi connectivity index (χ1v) is 8.79. The minimum Gasteiger partial charge on any atom is -0.492 e. The Labute approximate surface area is 161 Å². The van der Waals surface area contributed by atoms with Crippen LogP contribution in [0.4, 0.5) is 11.5 Å². The average Bonchev–Trinajstić information content (AvgIpc) is 3.34. The van der Waals surface area contributed by atoms with Crippen molar-refractivity contribution in [1.82, 2.24) is 20.0 Å². The van der Waals surface area contributed by atoms with Crippen molar-refractivity contribution < 1.29 is 9.84 Å². The Kier molecular flexibility index (Phi) is 4.20. The third-order valence-corrected chi connectivity index (χ3v) is 4.36. The van der Waals surface area contributed by atoms with Crippen molar-refractivity contribution >= 4 is 11.5 Å². The van der Waals surface area contributed by atoms with E-state index in [0.717, 1.165) is 0 Å². The summed E-state index contributed by atoms with van der Waals surface area (Å²) in [6.07, 6.45) is -0.232. The number of para-hydroxylation sites is 1. The van der Waals surface area contributed by atoms with Gasteiger partial charge in [-0.15, -0.1) is 10.2 Å². The summed E-state index contributed by atoms with van der Waals surface area (Å²) in [5.41, 5.74) is 2.11. The third kappa shape index (κ3) is 3.14. The van der Waals surface area contributed by atoms with Crippen molar-refractivity contribution in [3.63, 3.8) is 0 Å². The van der Waals surface area contributed by atoms with Crippen molar-refractivity contribution in [2.75, 3.05) is 6.61 Å². The first-order chi connectivity index (χ1) is 13.4. The van der Waals surface area contributed by atoms with Crippen LogP contribution in [0.3, 0.4) is 0 Å². The largest absolute Gasteiger partial charge is 0.492 e. The van der Waals surface area contributed by atoms with E-state index in [1.54, 1.807) is 0 Å². The number of nitrogens with zero attached hydrogens (tertiary/aromatic N) is 6. The molecule has 1 unspecified atom stereocenters. The first kappa shape index (κ1) is 17.9. The smallest absolute Gasteiger partial charge is 0.243 e. The summed E-state index contributed by atoms with van der Waals surface area (Å²) in [7, 11) is 0. The molecule has 2 aromatic heterocycles. The second-order valence-electron chi connectivity index (χ2n) is 7.49. The Morgan fingerprint density at radius 1 is 1.29 bits per heavy atom. The van der Waals surface area contributed by atoms with Gasteiger partial charge in [0.05, 0.1) is 18.0 Å². The van der Waals surface area contributed by atoms with Gasteiger partial charge in [0.15, 0.2) is 5.69 Å². The van der Waals surface area contributed by atoms with Crippen molar-refractivity contribution in [3.8, 4) is 17.6 Å². The maximum absolute atomic E-state index is 10.7. The predicted molar refractivity (Wildman–Crippen MR) is 100 cm³/mol. The number of ether oxygens (including phenoxy) is 1. The predicted octanol–water partition coefficient (Wildman–Crippen LogP) is 3.96. The molecule has 9 nitrogen and oxygen atoms in total. The highest BCUT2D eigenvalue weighted by atomic mass is 16.6. The molecule has 1 aliphatic rings.